The van der Waals surface area contributed by atoms with E-state index in [0.29, 0.717) is 0 Å². The third-order valence-electron chi connectivity index (χ3n) is 1.98. The Bertz CT molecular complexity index is 221. The van der Waals surface area contributed by atoms with E-state index in [1.807, 2.05) is 6.92 Å². The van der Waals surface area contributed by atoms with E-state index in [0.717, 1.165) is 28.3 Å². The summed E-state index contributed by atoms with van der Waals surface area (Å²) < 4.78 is 9.90. The lowest BCUT2D eigenvalue weighted by atomic mass is 10.2. The van der Waals surface area contributed by atoms with Gasteiger partial charge in [0.2, 0.25) is 0 Å². The summed E-state index contributed by atoms with van der Waals surface area (Å²) in [4.78, 5) is 11.0. The van der Waals surface area contributed by atoms with E-state index >= 15 is 0 Å². The molecule has 0 heterocycles. The topological polar surface area (TPSA) is 55.8 Å². The van der Waals surface area contributed by atoms with Crippen molar-refractivity contribution in [2.24, 2.45) is 0 Å². The lowest BCUT2D eigenvalue weighted by molar-refractivity contribution is -0.140. The fraction of sp³-hybridized carbons (Fsp3) is 0.667. The lowest BCUT2D eigenvalue weighted by Gasteiger charge is -2.16. The minimum Gasteiger partial charge on any atom is -0.478 e. The van der Waals surface area contributed by atoms with Crippen molar-refractivity contribution in [2.75, 3.05) is 14.2 Å². The van der Waals surface area contributed by atoms with Gasteiger partial charge >= 0.3 is 5.97 Å². The van der Waals surface area contributed by atoms with E-state index in [9.17, 15) is 4.79 Å². The van der Waals surface area contributed by atoms with Gasteiger partial charge in [0.15, 0.2) is 6.29 Å². The predicted octanol–water partition coefficient (Wildman–Crippen LogP) is 0.109. The quantitative estimate of drug-likeness (QED) is 0.390. The second-order valence-corrected chi connectivity index (χ2v) is 4.26. The van der Waals surface area contributed by atoms with Gasteiger partial charge in [-0.1, -0.05) is 18.5 Å². The Balaban J connectivity index is 4.90. The molecular weight excluding hydrogens is 200 g/mol. The van der Waals surface area contributed by atoms with Crippen molar-refractivity contribution < 1.29 is 19.4 Å². The van der Waals surface area contributed by atoms with E-state index in [1.54, 1.807) is 0 Å². The van der Waals surface area contributed by atoms with Crippen molar-refractivity contribution >= 4 is 16.2 Å². The van der Waals surface area contributed by atoms with Gasteiger partial charge in [-0.3, -0.25) is 0 Å². The fourth-order valence-electron chi connectivity index (χ4n) is 1.33. The van der Waals surface area contributed by atoms with Crippen LogP contribution in [-0.2, 0) is 14.3 Å². The molecule has 0 saturated heterocycles. The maximum absolute atomic E-state index is 11.0. The van der Waals surface area contributed by atoms with Gasteiger partial charge in [0.1, 0.15) is 0 Å². The highest BCUT2D eigenvalue weighted by atomic mass is 28.1. The van der Waals surface area contributed by atoms with Crippen LogP contribution in [-0.4, -0.2) is 41.8 Å². The molecule has 82 valence electrons. The van der Waals surface area contributed by atoms with Gasteiger partial charge in [0.25, 0.3) is 0 Å². The Morgan fingerprint density at radius 2 is 1.93 bits per heavy atom. The molecular formula is C9H18O4Si. The molecule has 0 aromatic heterocycles. The van der Waals surface area contributed by atoms with Gasteiger partial charge in [-0.15, -0.1) is 0 Å². The van der Waals surface area contributed by atoms with Gasteiger partial charge in [-0.25, -0.2) is 4.79 Å². The summed E-state index contributed by atoms with van der Waals surface area (Å²) in [5.41, 5.74) is 0.267. The Kier molecular flexibility index (Phi) is 6.43. The summed E-state index contributed by atoms with van der Waals surface area (Å²) in [5.74, 6) is -0.947. The highest BCUT2D eigenvalue weighted by Crippen LogP contribution is 2.15. The summed E-state index contributed by atoms with van der Waals surface area (Å²) in [6.07, 6.45) is 0.999. The summed E-state index contributed by atoms with van der Waals surface area (Å²) in [7, 11) is 3.61. The van der Waals surface area contributed by atoms with Crippen LogP contribution in [0.25, 0.3) is 0 Å². The summed E-state index contributed by atoms with van der Waals surface area (Å²) >= 11 is 0. The Morgan fingerprint density at radius 3 is 2.21 bits per heavy atom. The van der Waals surface area contributed by atoms with E-state index in [1.165, 1.54) is 14.2 Å². The maximum atomic E-state index is 11.0. The molecule has 4 nitrogen and oxygen atoms in total. The zero-order valence-corrected chi connectivity index (χ0v) is 11.2. The van der Waals surface area contributed by atoms with Crippen LogP contribution in [0.4, 0.5) is 0 Å². The molecule has 0 spiro atoms. The average molecular weight is 218 g/mol. The van der Waals surface area contributed by atoms with Crippen LogP contribution in [0.15, 0.2) is 10.8 Å². The number of hydrogen-bond donors (Lipinski definition) is 1. The van der Waals surface area contributed by atoms with E-state index in [-0.39, 0.29) is 5.57 Å². The number of allylic oxidation sites excluding steroid dienone is 1. The van der Waals surface area contributed by atoms with Crippen molar-refractivity contribution in [1.82, 2.24) is 0 Å². The molecule has 0 aliphatic rings. The van der Waals surface area contributed by atoms with Crippen molar-refractivity contribution in [3.8, 4) is 0 Å². The number of methoxy groups -OCH3 is 2. The number of rotatable bonds is 6. The Hall–Kier alpha value is -0.653. The van der Waals surface area contributed by atoms with Crippen LogP contribution in [0.3, 0.4) is 0 Å². The normalized spacial score (nSPS) is 13.1. The first-order valence-electron chi connectivity index (χ1n) is 4.56. The van der Waals surface area contributed by atoms with Crippen LogP contribution in [0, 0.1) is 0 Å². The SMILES string of the molecule is CCC/C([SiH3])=C(/C(=O)O)C(OC)OC. The van der Waals surface area contributed by atoms with Crippen molar-refractivity contribution in [2.45, 2.75) is 26.1 Å². The first-order valence-corrected chi connectivity index (χ1v) is 5.56. The van der Waals surface area contributed by atoms with E-state index < -0.39 is 12.3 Å². The van der Waals surface area contributed by atoms with Crippen molar-refractivity contribution in [3.05, 3.63) is 10.8 Å². The standard InChI is InChI=1S/C9H18O4Si/c1-4-5-6(14)7(8(10)11)9(12-2)13-3/h9H,4-5H2,1-3,14H3,(H,10,11)/b7-6+. The van der Waals surface area contributed by atoms with Gasteiger partial charge in [-0.2, -0.15) is 0 Å². The molecule has 0 rings (SSSR count). The van der Waals surface area contributed by atoms with Crippen LogP contribution < -0.4 is 0 Å². The highest BCUT2D eigenvalue weighted by Gasteiger charge is 2.21. The number of hydrogen-bond acceptors (Lipinski definition) is 3. The molecule has 0 atom stereocenters. The molecule has 0 saturated carbocycles. The minimum atomic E-state index is -0.947. The van der Waals surface area contributed by atoms with Crippen molar-refractivity contribution in [1.29, 1.82) is 0 Å². The fourth-order valence-corrected chi connectivity index (χ4v) is 2.28. The number of aliphatic carboxylic acids is 1. The zero-order valence-electron chi connectivity index (χ0n) is 9.16. The minimum absolute atomic E-state index is 0.267. The average Bonchev–Trinajstić information content (AvgIpc) is 2.13. The second kappa shape index (κ2) is 6.75. The van der Waals surface area contributed by atoms with Crippen molar-refractivity contribution in [3.63, 3.8) is 0 Å². The molecule has 14 heavy (non-hydrogen) atoms. The molecule has 0 aliphatic heterocycles. The molecule has 0 amide bonds. The molecule has 0 radical (unpaired) electrons. The Labute approximate surface area is 87.3 Å². The molecule has 0 aromatic rings. The Morgan fingerprint density at radius 1 is 1.43 bits per heavy atom. The summed E-state index contributed by atoms with van der Waals surface area (Å²) in [6, 6.07) is 0. The third-order valence-corrected chi connectivity index (χ3v) is 3.02. The molecule has 0 aromatic carbocycles. The zero-order chi connectivity index (χ0) is 11.1. The smallest absolute Gasteiger partial charge is 0.336 e. The second-order valence-electron chi connectivity index (χ2n) is 3.05. The van der Waals surface area contributed by atoms with Gasteiger partial charge in [0.05, 0.1) is 5.57 Å². The highest BCUT2D eigenvalue weighted by molar-refractivity contribution is 6.24. The van der Waals surface area contributed by atoms with Gasteiger partial charge in [-0.05, 0) is 6.42 Å². The van der Waals surface area contributed by atoms with E-state index in [4.69, 9.17) is 14.6 Å². The van der Waals surface area contributed by atoms with Gasteiger partial charge in [0, 0.05) is 24.5 Å². The van der Waals surface area contributed by atoms with E-state index in [2.05, 4.69) is 0 Å². The summed E-state index contributed by atoms with van der Waals surface area (Å²) in [5, 5.41) is 9.95. The van der Waals surface area contributed by atoms with Crippen LogP contribution in [0.1, 0.15) is 19.8 Å². The number of ether oxygens (including phenoxy) is 2. The molecule has 5 heteroatoms. The molecule has 0 bridgehead atoms. The first kappa shape index (κ1) is 13.3. The molecule has 0 unspecified atom stereocenters. The first-order chi connectivity index (χ1) is 6.58. The number of carbonyl (C=O) groups is 1. The molecule has 0 fully saturated rings. The lowest BCUT2D eigenvalue weighted by Crippen LogP contribution is -2.24. The maximum Gasteiger partial charge on any atom is 0.336 e. The summed E-state index contributed by atoms with van der Waals surface area (Å²) in [6.45, 7) is 2.02. The number of carboxylic acids is 1. The monoisotopic (exact) mass is 218 g/mol. The van der Waals surface area contributed by atoms with Crippen LogP contribution in [0.2, 0.25) is 0 Å². The third kappa shape index (κ3) is 3.61. The predicted molar refractivity (Wildman–Crippen MR) is 57.3 cm³/mol. The number of carboxylic acid groups (broad SMARTS) is 1. The van der Waals surface area contributed by atoms with Gasteiger partial charge < -0.3 is 14.6 Å². The molecule has 1 N–H and O–H groups in total. The largest absolute Gasteiger partial charge is 0.478 e. The van der Waals surface area contributed by atoms with Crippen LogP contribution in [0.5, 0.6) is 0 Å². The van der Waals surface area contributed by atoms with Crippen LogP contribution >= 0.6 is 0 Å². The molecule has 0 aliphatic carbocycles.